The number of rotatable bonds is 6. The zero-order valence-corrected chi connectivity index (χ0v) is 13.1. The quantitative estimate of drug-likeness (QED) is 0.735. The molecule has 2 rings (SSSR count). The third-order valence-electron chi connectivity index (χ3n) is 3.63. The zero-order valence-electron chi connectivity index (χ0n) is 12.2. The normalized spacial score (nSPS) is 19.5. The molecule has 1 atom stereocenters. The van der Waals surface area contributed by atoms with Gasteiger partial charge in [-0.2, -0.15) is 13.5 Å². The van der Waals surface area contributed by atoms with Crippen LogP contribution in [0.15, 0.2) is 6.07 Å². The Kier molecular flexibility index (Phi) is 4.65. The van der Waals surface area contributed by atoms with Crippen molar-refractivity contribution < 1.29 is 17.1 Å². The van der Waals surface area contributed by atoms with Crippen LogP contribution in [0.1, 0.15) is 24.2 Å². The molecule has 1 amide bonds. The number of aryl methyl sites for hydroxylation is 3. The highest BCUT2D eigenvalue weighted by molar-refractivity contribution is 7.86. The van der Waals surface area contributed by atoms with Crippen LogP contribution in [0.2, 0.25) is 0 Å². The van der Waals surface area contributed by atoms with Crippen molar-refractivity contribution in [3.05, 3.63) is 17.5 Å². The van der Waals surface area contributed by atoms with E-state index in [1.807, 2.05) is 24.6 Å². The number of likely N-dealkylation sites (tertiary alicyclic amines) is 1. The van der Waals surface area contributed by atoms with Crippen molar-refractivity contribution in [2.45, 2.75) is 33.2 Å². The zero-order chi connectivity index (χ0) is 15.6. The van der Waals surface area contributed by atoms with Crippen molar-refractivity contribution in [1.82, 2.24) is 14.7 Å². The number of aromatic nitrogens is 2. The van der Waals surface area contributed by atoms with E-state index >= 15 is 0 Å². The second kappa shape index (κ2) is 6.13. The van der Waals surface area contributed by atoms with Gasteiger partial charge in [-0.25, -0.2) is 0 Å². The highest BCUT2D eigenvalue weighted by atomic mass is 32.3. The Morgan fingerprint density at radius 3 is 2.67 bits per heavy atom. The Hall–Kier alpha value is -1.44. The second-order valence-electron chi connectivity index (χ2n) is 5.62. The third-order valence-corrected chi connectivity index (χ3v) is 4.50. The van der Waals surface area contributed by atoms with E-state index in [1.54, 1.807) is 4.90 Å². The molecule has 21 heavy (non-hydrogen) atoms. The first-order valence-electron chi connectivity index (χ1n) is 6.96. The third kappa shape index (κ3) is 4.52. The fourth-order valence-corrected chi connectivity index (χ4v) is 3.56. The van der Waals surface area contributed by atoms with Crippen LogP contribution in [-0.4, -0.2) is 47.8 Å². The molecule has 1 aromatic rings. The molecule has 0 radical (unpaired) electrons. The smallest absolute Gasteiger partial charge is 0.302 e. The van der Waals surface area contributed by atoms with Crippen LogP contribution in [0, 0.1) is 19.8 Å². The van der Waals surface area contributed by atoms with Crippen LogP contribution < -0.4 is 0 Å². The maximum Gasteiger partial charge on any atom is 0.302 e. The summed E-state index contributed by atoms with van der Waals surface area (Å²) in [6, 6.07) is 1.99. The molecule has 1 aliphatic heterocycles. The summed E-state index contributed by atoms with van der Waals surface area (Å²) in [5.41, 5.74) is 2.03. The van der Waals surface area contributed by atoms with Gasteiger partial charge in [-0.3, -0.25) is 9.48 Å². The van der Waals surface area contributed by atoms with Crippen molar-refractivity contribution in [1.29, 1.82) is 0 Å². The summed E-state index contributed by atoms with van der Waals surface area (Å²) < 4.78 is 35.8. The van der Waals surface area contributed by atoms with Gasteiger partial charge in [0.1, 0.15) is 0 Å². The minimum Gasteiger partial charge on any atom is -0.342 e. The van der Waals surface area contributed by atoms with Crippen molar-refractivity contribution >= 4 is 16.1 Å². The average Bonchev–Trinajstić information content (AvgIpc) is 2.80. The SMILES string of the molecule is Cc1cc(C)n(CCCN2CC(CS(=O)(=O)F)CC2=O)n1. The van der Waals surface area contributed by atoms with E-state index < -0.39 is 21.9 Å². The molecule has 1 saturated heterocycles. The van der Waals surface area contributed by atoms with Gasteiger partial charge in [0, 0.05) is 37.7 Å². The topological polar surface area (TPSA) is 72.3 Å². The Balaban J connectivity index is 1.81. The van der Waals surface area contributed by atoms with Crippen molar-refractivity contribution in [3.63, 3.8) is 0 Å². The number of carbonyl (C=O) groups is 1. The Morgan fingerprint density at radius 1 is 1.38 bits per heavy atom. The molecule has 0 bridgehead atoms. The fraction of sp³-hybridized carbons (Fsp3) is 0.692. The predicted molar refractivity (Wildman–Crippen MR) is 75.9 cm³/mol. The minimum atomic E-state index is -4.51. The molecule has 118 valence electrons. The van der Waals surface area contributed by atoms with Gasteiger partial charge in [-0.15, -0.1) is 3.89 Å². The number of hydrogen-bond acceptors (Lipinski definition) is 4. The van der Waals surface area contributed by atoms with Crippen molar-refractivity contribution in [2.75, 3.05) is 18.8 Å². The molecule has 0 aliphatic carbocycles. The Bertz CT molecular complexity index is 627. The molecule has 1 aliphatic rings. The number of halogens is 1. The molecular formula is C13H20FN3O3S. The molecule has 2 heterocycles. The highest BCUT2D eigenvalue weighted by Crippen LogP contribution is 2.20. The highest BCUT2D eigenvalue weighted by Gasteiger charge is 2.32. The molecule has 6 nitrogen and oxygen atoms in total. The van der Waals surface area contributed by atoms with E-state index in [2.05, 4.69) is 5.10 Å². The van der Waals surface area contributed by atoms with Gasteiger partial charge in [0.15, 0.2) is 0 Å². The molecule has 8 heteroatoms. The minimum absolute atomic E-state index is 0.1000. The largest absolute Gasteiger partial charge is 0.342 e. The van der Waals surface area contributed by atoms with Crippen LogP contribution in [-0.2, 0) is 21.6 Å². The van der Waals surface area contributed by atoms with Gasteiger partial charge < -0.3 is 4.90 Å². The maximum atomic E-state index is 12.6. The van der Waals surface area contributed by atoms with Crippen LogP contribution in [0.25, 0.3) is 0 Å². The molecule has 0 saturated carbocycles. The molecule has 0 aromatic carbocycles. The van der Waals surface area contributed by atoms with E-state index in [9.17, 15) is 17.1 Å². The van der Waals surface area contributed by atoms with Crippen molar-refractivity contribution in [3.8, 4) is 0 Å². The van der Waals surface area contributed by atoms with E-state index in [0.717, 1.165) is 17.8 Å². The van der Waals surface area contributed by atoms with E-state index in [-0.39, 0.29) is 12.3 Å². The first kappa shape index (κ1) is 15.9. The molecule has 1 aromatic heterocycles. The summed E-state index contributed by atoms with van der Waals surface area (Å²) in [5, 5.41) is 4.34. The summed E-state index contributed by atoms with van der Waals surface area (Å²) >= 11 is 0. The summed E-state index contributed by atoms with van der Waals surface area (Å²) in [6.07, 6.45) is 0.853. The Labute approximate surface area is 124 Å². The van der Waals surface area contributed by atoms with Gasteiger partial charge in [-0.1, -0.05) is 0 Å². The van der Waals surface area contributed by atoms with Gasteiger partial charge in [0.05, 0.1) is 11.4 Å². The van der Waals surface area contributed by atoms with Crippen LogP contribution in [0.5, 0.6) is 0 Å². The first-order valence-corrected chi connectivity index (χ1v) is 8.51. The number of amides is 1. The van der Waals surface area contributed by atoms with Crippen LogP contribution in [0.4, 0.5) is 3.89 Å². The fourth-order valence-electron chi connectivity index (χ4n) is 2.78. The van der Waals surface area contributed by atoms with Gasteiger partial charge in [-0.05, 0) is 26.3 Å². The number of hydrogen-bond donors (Lipinski definition) is 0. The lowest BCUT2D eigenvalue weighted by Crippen LogP contribution is -2.28. The summed E-state index contributed by atoms with van der Waals surface area (Å²) in [6.45, 7) is 5.47. The average molecular weight is 317 g/mol. The summed E-state index contributed by atoms with van der Waals surface area (Å²) in [7, 11) is -4.51. The van der Waals surface area contributed by atoms with Crippen LogP contribution in [0.3, 0.4) is 0 Å². The number of carbonyl (C=O) groups excluding carboxylic acids is 1. The Morgan fingerprint density at radius 2 is 2.10 bits per heavy atom. The molecular weight excluding hydrogens is 297 g/mol. The van der Waals surface area contributed by atoms with E-state index in [1.165, 1.54) is 0 Å². The lowest BCUT2D eigenvalue weighted by molar-refractivity contribution is -0.127. The van der Waals surface area contributed by atoms with E-state index in [0.29, 0.717) is 19.6 Å². The lowest BCUT2D eigenvalue weighted by atomic mass is 10.1. The molecule has 0 spiro atoms. The number of nitrogens with zero attached hydrogens (tertiary/aromatic N) is 3. The monoisotopic (exact) mass is 317 g/mol. The van der Waals surface area contributed by atoms with Crippen molar-refractivity contribution in [2.24, 2.45) is 5.92 Å². The molecule has 0 N–H and O–H groups in total. The van der Waals surface area contributed by atoms with Gasteiger partial charge in [0.2, 0.25) is 5.91 Å². The van der Waals surface area contributed by atoms with Gasteiger partial charge in [0.25, 0.3) is 0 Å². The first-order chi connectivity index (χ1) is 9.74. The molecule has 1 fully saturated rings. The summed E-state index contributed by atoms with van der Waals surface area (Å²) in [5.74, 6) is -1.09. The maximum absolute atomic E-state index is 12.6. The van der Waals surface area contributed by atoms with E-state index in [4.69, 9.17) is 0 Å². The predicted octanol–water partition coefficient (Wildman–Crippen LogP) is 1.04. The molecule has 1 unspecified atom stereocenters. The summed E-state index contributed by atoms with van der Waals surface area (Å²) in [4.78, 5) is 13.4. The van der Waals surface area contributed by atoms with Gasteiger partial charge >= 0.3 is 10.2 Å². The van der Waals surface area contributed by atoms with Crippen LogP contribution >= 0.6 is 0 Å². The standard InChI is InChI=1S/C13H20FN3O3S/c1-10-6-11(2)17(15-10)5-3-4-16-8-12(7-13(16)18)9-21(14,19)20/h6,12H,3-5,7-9H2,1-2H3. The lowest BCUT2D eigenvalue weighted by Gasteiger charge is -2.16. The second-order valence-corrected chi connectivity index (χ2v) is 7.03.